The van der Waals surface area contributed by atoms with E-state index < -0.39 is 5.97 Å². The number of nitrogens with two attached hydrogens (primary N) is 1. The SMILES string of the molecule is CC(N)CCCC(=O)Nc1ccc(Br)c(C(=O)O)c1. The highest BCUT2D eigenvalue weighted by Gasteiger charge is 2.10. The molecule has 0 bridgehead atoms. The van der Waals surface area contributed by atoms with Gasteiger partial charge in [-0.15, -0.1) is 0 Å². The van der Waals surface area contributed by atoms with Gasteiger partial charge in [-0.3, -0.25) is 4.79 Å². The Morgan fingerprint density at radius 2 is 2.16 bits per heavy atom. The molecule has 1 rings (SSSR count). The number of hydrogen-bond donors (Lipinski definition) is 3. The van der Waals surface area contributed by atoms with Crippen LogP contribution in [0.4, 0.5) is 5.69 Å². The maximum Gasteiger partial charge on any atom is 0.336 e. The molecular weight excluding hydrogens is 312 g/mol. The monoisotopic (exact) mass is 328 g/mol. The standard InChI is InChI=1S/C13H17BrN2O3/c1-8(15)3-2-4-12(17)16-9-5-6-11(14)10(7-9)13(18)19/h5-8H,2-4,15H2,1H3,(H,16,17)(H,18,19). The average Bonchev–Trinajstić information content (AvgIpc) is 2.30. The van der Waals surface area contributed by atoms with E-state index in [0.29, 0.717) is 23.0 Å². The van der Waals surface area contributed by atoms with E-state index in [1.54, 1.807) is 12.1 Å². The number of nitrogens with one attached hydrogen (secondary N) is 1. The highest BCUT2D eigenvalue weighted by molar-refractivity contribution is 9.10. The van der Waals surface area contributed by atoms with Crippen molar-refractivity contribution in [2.45, 2.75) is 32.2 Å². The summed E-state index contributed by atoms with van der Waals surface area (Å²) >= 11 is 3.15. The molecule has 104 valence electrons. The molecule has 4 N–H and O–H groups in total. The van der Waals surface area contributed by atoms with Gasteiger partial charge in [0.2, 0.25) is 5.91 Å². The van der Waals surface area contributed by atoms with Gasteiger partial charge in [0.1, 0.15) is 0 Å². The highest BCUT2D eigenvalue weighted by atomic mass is 79.9. The smallest absolute Gasteiger partial charge is 0.336 e. The van der Waals surface area contributed by atoms with Gasteiger partial charge in [0, 0.05) is 22.6 Å². The van der Waals surface area contributed by atoms with Gasteiger partial charge in [0.15, 0.2) is 0 Å². The van der Waals surface area contributed by atoms with E-state index >= 15 is 0 Å². The van der Waals surface area contributed by atoms with Gasteiger partial charge in [-0.1, -0.05) is 0 Å². The third kappa shape index (κ3) is 5.40. The summed E-state index contributed by atoms with van der Waals surface area (Å²) < 4.78 is 0.481. The van der Waals surface area contributed by atoms with Crippen LogP contribution in [0.15, 0.2) is 22.7 Å². The fourth-order valence-corrected chi connectivity index (χ4v) is 1.99. The molecule has 19 heavy (non-hydrogen) atoms. The lowest BCUT2D eigenvalue weighted by atomic mass is 10.1. The van der Waals surface area contributed by atoms with Gasteiger partial charge in [-0.2, -0.15) is 0 Å². The van der Waals surface area contributed by atoms with Crippen LogP contribution in [-0.2, 0) is 4.79 Å². The molecule has 0 aromatic heterocycles. The van der Waals surface area contributed by atoms with Crippen LogP contribution in [0.25, 0.3) is 0 Å². The summed E-state index contributed by atoms with van der Waals surface area (Å²) in [7, 11) is 0. The topological polar surface area (TPSA) is 92.4 Å². The fourth-order valence-electron chi connectivity index (χ4n) is 1.58. The van der Waals surface area contributed by atoms with Crippen LogP contribution >= 0.6 is 15.9 Å². The second-order valence-electron chi connectivity index (χ2n) is 4.42. The Morgan fingerprint density at radius 1 is 1.47 bits per heavy atom. The van der Waals surface area contributed by atoms with Crippen LogP contribution in [0.5, 0.6) is 0 Å². The summed E-state index contributed by atoms with van der Waals surface area (Å²) in [6.07, 6.45) is 1.87. The summed E-state index contributed by atoms with van der Waals surface area (Å²) in [6.45, 7) is 1.89. The number of halogens is 1. The number of amides is 1. The second-order valence-corrected chi connectivity index (χ2v) is 5.27. The predicted molar refractivity (Wildman–Crippen MR) is 77.2 cm³/mol. The Kier molecular flexibility index (Phi) is 5.98. The van der Waals surface area contributed by atoms with Crippen LogP contribution in [0, 0.1) is 0 Å². The molecule has 1 amide bonds. The molecule has 0 aliphatic rings. The van der Waals surface area contributed by atoms with Crippen molar-refractivity contribution >= 4 is 33.5 Å². The first-order chi connectivity index (χ1) is 8.90. The normalized spacial score (nSPS) is 11.9. The van der Waals surface area contributed by atoms with Crippen LogP contribution in [0.3, 0.4) is 0 Å². The molecule has 0 aliphatic carbocycles. The quantitative estimate of drug-likeness (QED) is 0.748. The van der Waals surface area contributed by atoms with E-state index in [4.69, 9.17) is 10.8 Å². The minimum Gasteiger partial charge on any atom is -0.478 e. The molecule has 1 unspecified atom stereocenters. The number of carboxylic acids is 1. The first-order valence-electron chi connectivity index (χ1n) is 5.98. The maximum absolute atomic E-state index is 11.6. The molecule has 5 nitrogen and oxygen atoms in total. The Balaban J connectivity index is 2.60. The van der Waals surface area contributed by atoms with Crippen LogP contribution in [0.2, 0.25) is 0 Å². The van der Waals surface area contributed by atoms with E-state index in [2.05, 4.69) is 21.2 Å². The third-order valence-electron chi connectivity index (χ3n) is 2.54. The number of anilines is 1. The molecule has 0 saturated carbocycles. The molecule has 0 saturated heterocycles. The maximum atomic E-state index is 11.6. The van der Waals surface area contributed by atoms with Crippen molar-refractivity contribution in [1.82, 2.24) is 0 Å². The van der Waals surface area contributed by atoms with Crippen molar-refractivity contribution in [3.63, 3.8) is 0 Å². The van der Waals surface area contributed by atoms with Crippen molar-refractivity contribution in [2.75, 3.05) is 5.32 Å². The Hall–Kier alpha value is -1.40. The van der Waals surface area contributed by atoms with Crippen molar-refractivity contribution < 1.29 is 14.7 Å². The predicted octanol–water partition coefficient (Wildman–Crippen LogP) is 2.60. The highest BCUT2D eigenvalue weighted by Crippen LogP contribution is 2.21. The first kappa shape index (κ1) is 15.7. The van der Waals surface area contributed by atoms with Crippen molar-refractivity contribution in [3.8, 4) is 0 Å². The van der Waals surface area contributed by atoms with E-state index in [-0.39, 0.29) is 17.5 Å². The van der Waals surface area contributed by atoms with E-state index in [0.717, 1.165) is 6.42 Å². The fraction of sp³-hybridized carbons (Fsp3) is 0.385. The number of carboxylic acid groups (broad SMARTS) is 1. The number of rotatable bonds is 6. The van der Waals surface area contributed by atoms with Gasteiger partial charge >= 0.3 is 5.97 Å². The molecule has 1 atom stereocenters. The third-order valence-corrected chi connectivity index (χ3v) is 3.24. The minimum atomic E-state index is -1.04. The van der Waals surface area contributed by atoms with E-state index in [9.17, 15) is 9.59 Å². The lowest BCUT2D eigenvalue weighted by Crippen LogP contribution is -2.17. The number of carbonyl (C=O) groups excluding carboxylic acids is 1. The second kappa shape index (κ2) is 7.25. The lowest BCUT2D eigenvalue weighted by molar-refractivity contribution is -0.116. The molecule has 0 aliphatic heterocycles. The Labute approximate surface area is 120 Å². The van der Waals surface area contributed by atoms with Crippen LogP contribution in [-0.4, -0.2) is 23.0 Å². The first-order valence-corrected chi connectivity index (χ1v) is 6.77. The van der Waals surface area contributed by atoms with Gasteiger partial charge in [0.05, 0.1) is 5.56 Å². The molecule has 6 heteroatoms. The molecule has 1 aromatic carbocycles. The van der Waals surface area contributed by atoms with Crippen molar-refractivity contribution in [2.24, 2.45) is 5.73 Å². The van der Waals surface area contributed by atoms with Crippen LogP contribution in [0.1, 0.15) is 36.5 Å². The number of benzene rings is 1. The lowest BCUT2D eigenvalue weighted by Gasteiger charge is -2.08. The van der Waals surface area contributed by atoms with Gasteiger partial charge < -0.3 is 16.2 Å². The zero-order valence-corrected chi connectivity index (χ0v) is 12.2. The molecule has 0 heterocycles. The van der Waals surface area contributed by atoms with Gasteiger partial charge in [-0.25, -0.2) is 4.79 Å². The van der Waals surface area contributed by atoms with Crippen LogP contribution < -0.4 is 11.1 Å². The van der Waals surface area contributed by atoms with Crippen molar-refractivity contribution in [3.05, 3.63) is 28.2 Å². The Bertz CT molecular complexity index is 475. The van der Waals surface area contributed by atoms with E-state index in [1.807, 2.05) is 6.92 Å². The summed E-state index contributed by atoms with van der Waals surface area (Å²) in [5, 5.41) is 11.6. The molecule has 0 fully saturated rings. The molecule has 0 spiro atoms. The largest absolute Gasteiger partial charge is 0.478 e. The van der Waals surface area contributed by atoms with Crippen molar-refractivity contribution in [1.29, 1.82) is 0 Å². The Morgan fingerprint density at radius 3 is 2.74 bits per heavy atom. The van der Waals surface area contributed by atoms with Gasteiger partial charge in [-0.05, 0) is 53.9 Å². The molecular formula is C13H17BrN2O3. The minimum absolute atomic E-state index is 0.0825. The number of aromatic carboxylic acids is 1. The summed E-state index contributed by atoms with van der Waals surface area (Å²) in [6, 6.07) is 4.76. The molecule has 0 radical (unpaired) electrons. The summed E-state index contributed by atoms with van der Waals surface area (Å²) in [5.74, 6) is -1.18. The number of carbonyl (C=O) groups is 2. The zero-order valence-electron chi connectivity index (χ0n) is 10.6. The summed E-state index contributed by atoms with van der Waals surface area (Å²) in [5.41, 5.74) is 6.20. The van der Waals surface area contributed by atoms with E-state index in [1.165, 1.54) is 6.07 Å². The molecule has 1 aromatic rings. The number of hydrogen-bond acceptors (Lipinski definition) is 3. The average molecular weight is 329 g/mol. The summed E-state index contributed by atoms with van der Waals surface area (Å²) in [4.78, 5) is 22.6. The van der Waals surface area contributed by atoms with Gasteiger partial charge in [0.25, 0.3) is 0 Å². The zero-order chi connectivity index (χ0) is 14.4.